The van der Waals surface area contributed by atoms with E-state index in [4.69, 9.17) is 5.73 Å². The topological polar surface area (TPSA) is 26.0 Å². The Balaban J connectivity index is 2.05. The predicted molar refractivity (Wildman–Crippen MR) is 35.5 cm³/mol. The van der Waals surface area contributed by atoms with Crippen LogP contribution >= 0.6 is 0 Å². The Bertz CT molecular complexity index is 78.5. The molecule has 0 aromatic carbocycles. The maximum Gasteiger partial charge on any atom is 0.00710 e. The molecule has 1 nitrogen and oxygen atoms in total. The molecule has 1 fully saturated rings. The van der Waals surface area contributed by atoms with Gasteiger partial charge in [-0.1, -0.05) is 13.8 Å². The molecule has 0 aromatic heterocycles. The van der Waals surface area contributed by atoms with Gasteiger partial charge in [0.1, 0.15) is 0 Å². The largest absolute Gasteiger partial charge is 0.327 e. The maximum absolute atomic E-state index is 5.61. The highest BCUT2D eigenvalue weighted by atomic mass is 14.7. The molecular formula is C7H15N. The molecule has 8 heavy (non-hydrogen) atoms. The highest BCUT2D eigenvalue weighted by Gasteiger charge is 2.33. The van der Waals surface area contributed by atoms with Crippen LogP contribution in [0.1, 0.15) is 26.7 Å². The molecule has 0 aromatic rings. The Kier molecular flexibility index (Phi) is 1.57. The van der Waals surface area contributed by atoms with Crippen LogP contribution in [0.4, 0.5) is 0 Å². The van der Waals surface area contributed by atoms with E-state index in [1.807, 2.05) is 0 Å². The van der Waals surface area contributed by atoms with Gasteiger partial charge in [0.15, 0.2) is 0 Å². The van der Waals surface area contributed by atoms with Crippen molar-refractivity contribution in [2.75, 3.05) is 0 Å². The summed E-state index contributed by atoms with van der Waals surface area (Å²) in [6, 6.07) is 0.553. The fourth-order valence-corrected chi connectivity index (χ4v) is 1.15. The number of nitrogens with two attached hydrogens (primary N) is 1. The normalized spacial score (nSPS) is 36.0. The molecule has 2 N–H and O–H groups in total. The average molecular weight is 113 g/mol. The Labute approximate surface area is 51.3 Å². The van der Waals surface area contributed by atoms with E-state index in [0.717, 1.165) is 11.8 Å². The van der Waals surface area contributed by atoms with Crippen molar-refractivity contribution < 1.29 is 0 Å². The maximum atomic E-state index is 5.61. The first-order chi connectivity index (χ1) is 3.70. The molecule has 0 radical (unpaired) electrons. The van der Waals surface area contributed by atoms with Crippen molar-refractivity contribution in [3.63, 3.8) is 0 Å². The first-order valence-corrected chi connectivity index (χ1v) is 3.45. The lowest BCUT2D eigenvalue weighted by Crippen LogP contribution is -2.03. The van der Waals surface area contributed by atoms with Gasteiger partial charge in [0, 0.05) is 6.04 Å². The van der Waals surface area contributed by atoms with E-state index in [-0.39, 0.29) is 0 Å². The third kappa shape index (κ3) is 1.48. The van der Waals surface area contributed by atoms with Crippen LogP contribution in [0.2, 0.25) is 0 Å². The van der Waals surface area contributed by atoms with Gasteiger partial charge in [0.05, 0.1) is 0 Å². The van der Waals surface area contributed by atoms with E-state index in [1.165, 1.54) is 12.8 Å². The van der Waals surface area contributed by atoms with Crippen molar-refractivity contribution in [3.05, 3.63) is 0 Å². The quantitative estimate of drug-likeness (QED) is 0.575. The minimum atomic E-state index is 0.553. The van der Waals surface area contributed by atoms with Gasteiger partial charge in [-0.15, -0.1) is 0 Å². The predicted octanol–water partition coefficient (Wildman–Crippen LogP) is 1.38. The van der Waals surface area contributed by atoms with Crippen LogP contribution in [-0.4, -0.2) is 6.04 Å². The lowest BCUT2D eigenvalue weighted by Gasteiger charge is -1.99. The molecule has 1 aliphatic rings. The molecule has 0 aliphatic heterocycles. The van der Waals surface area contributed by atoms with Gasteiger partial charge in [-0.25, -0.2) is 0 Å². The van der Waals surface area contributed by atoms with Crippen LogP contribution in [0.15, 0.2) is 0 Å². The second-order valence-corrected chi connectivity index (χ2v) is 3.29. The third-order valence-electron chi connectivity index (χ3n) is 1.75. The lowest BCUT2D eigenvalue weighted by molar-refractivity contribution is 0.531. The molecule has 1 aliphatic carbocycles. The van der Waals surface area contributed by atoms with Crippen molar-refractivity contribution >= 4 is 0 Å². The third-order valence-corrected chi connectivity index (χ3v) is 1.75. The van der Waals surface area contributed by atoms with E-state index < -0.39 is 0 Å². The zero-order valence-corrected chi connectivity index (χ0v) is 5.72. The van der Waals surface area contributed by atoms with Crippen LogP contribution in [-0.2, 0) is 0 Å². The summed E-state index contributed by atoms with van der Waals surface area (Å²) in [5.74, 6) is 1.71. The van der Waals surface area contributed by atoms with E-state index >= 15 is 0 Å². The second-order valence-electron chi connectivity index (χ2n) is 3.29. The smallest absolute Gasteiger partial charge is 0.00710 e. The van der Waals surface area contributed by atoms with Crippen molar-refractivity contribution in [1.29, 1.82) is 0 Å². The lowest BCUT2D eigenvalue weighted by atomic mass is 10.1. The van der Waals surface area contributed by atoms with Gasteiger partial charge in [-0.3, -0.25) is 0 Å². The molecule has 0 amide bonds. The average Bonchev–Trinajstić information content (AvgIpc) is 2.17. The molecule has 1 saturated carbocycles. The minimum absolute atomic E-state index is 0.553. The van der Waals surface area contributed by atoms with Gasteiger partial charge < -0.3 is 5.73 Å². The van der Waals surface area contributed by atoms with E-state index in [2.05, 4.69) is 13.8 Å². The van der Waals surface area contributed by atoms with Gasteiger partial charge >= 0.3 is 0 Å². The standard InChI is InChI=1S/C7H15N/c1-5(2)3-6-4-7(6)8/h5-7H,3-4,8H2,1-2H3/t6-,7-/m1/s1. The van der Waals surface area contributed by atoms with Crippen molar-refractivity contribution in [3.8, 4) is 0 Å². The van der Waals surface area contributed by atoms with Crippen molar-refractivity contribution in [1.82, 2.24) is 0 Å². The Morgan fingerprint density at radius 2 is 2.12 bits per heavy atom. The van der Waals surface area contributed by atoms with Crippen LogP contribution in [0.5, 0.6) is 0 Å². The fraction of sp³-hybridized carbons (Fsp3) is 1.00. The summed E-state index contributed by atoms with van der Waals surface area (Å²) < 4.78 is 0. The van der Waals surface area contributed by atoms with Crippen LogP contribution in [0.3, 0.4) is 0 Å². The Morgan fingerprint density at radius 1 is 1.62 bits per heavy atom. The van der Waals surface area contributed by atoms with Crippen molar-refractivity contribution in [2.24, 2.45) is 17.6 Å². The fourth-order valence-electron chi connectivity index (χ4n) is 1.15. The zero-order valence-electron chi connectivity index (χ0n) is 5.72. The molecule has 1 heteroatoms. The van der Waals surface area contributed by atoms with E-state index in [1.54, 1.807) is 0 Å². The van der Waals surface area contributed by atoms with Crippen molar-refractivity contribution in [2.45, 2.75) is 32.7 Å². The van der Waals surface area contributed by atoms with Crippen LogP contribution in [0, 0.1) is 11.8 Å². The monoisotopic (exact) mass is 113 g/mol. The van der Waals surface area contributed by atoms with Gasteiger partial charge in [0.2, 0.25) is 0 Å². The van der Waals surface area contributed by atoms with Gasteiger partial charge in [0.25, 0.3) is 0 Å². The van der Waals surface area contributed by atoms with Gasteiger partial charge in [-0.2, -0.15) is 0 Å². The summed E-state index contributed by atoms with van der Waals surface area (Å²) in [6.45, 7) is 4.51. The second kappa shape index (κ2) is 2.06. The number of hydrogen-bond acceptors (Lipinski definition) is 1. The van der Waals surface area contributed by atoms with Crippen LogP contribution < -0.4 is 5.73 Å². The minimum Gasteiger partial charge on any atom is -0.327 e. The highest BCUT2D eigenvalue weighted by molar-refractivity contribution is 4.89. The van der Waals surface area contributed by atoms with Crippen LogP contribution in [0.25, 0.3) is 0 Å². The summed E-state index contributed by atoms with van der Waals surface area (Å²) in [6.07, 6.45) is 2.61. The molecule has 48 valence electrons. The summed E-state index contributed by atoms with van der Waals surface area (Å²) in [7, 11) is 0. The Hall–Kier alpha value is -0.0400. The molecule has 0 heterocycles. The molecule has 0 saturated heterocycles. The summed E-state index contributed by atoms with van der Waals surface area (Å²) in [5, 5.41) is 0. The first-order valence-electron chi connectivity index (χ1n) is 3.45. The Morgan fingerprint density at radius 3 is 2.25 bits per heavy atom. The van der Waals surface area contributed by atoms with E-state index in [9.17, 15) is 0 Å². The van der Waals surface area contributed by atoms with E-state index in [0.29, 0.717) is 6.04 Å². The molecule has 0 spiro atoms. The first kappa shape index (κ1) is 6.09. The summed E-state index contributed by atoms with van der Waals surface area (Å²) >= 11 is 0. The zero-order chi connectivity index (χ0) is 6.15. The number of rotatable bonds is 2. The molecule has 0 unspecified atom stereocenters. The van der Waals surface area contributed by atoms with Gasteiger partial charge in [-0.05, 0) is 24.7 Å². The summed E-state index contributed by atoms with van der Waals surface area (Å²) in [5.41, 5.74) is 5.61. The summed E-state index contributed by atoms with van der Waals surface area (Å²) in [4.78, 5) is 0. The highest BCUT2D eigenvalue weighted by Crippen LogP contribution is 2.33. The molecule has 0 bridgehead atoms. The number of hydrogen-bond donors (Lipinski definition) is 1. The molecular weight excluding hydrogens is 98.1 g/mol. The molecule has 2 atom stereocenters. The SMILES string of the molecule is CC(C)C[C@@H]1C[C@H]1N. The molecule has 1 rings (SSSR count).